The van der Waals surface area contributed by atoms with Gasteiger partial charge < -0.3 is 20.2 Å². The molecule has 0 saturated carbocycles. The summed E-state index contributed by atoms with van der Waals surface area (Å²) in [6, 6.07) is 10.5. The molecule has 1 atom stereocenters. The average molecular weight is 664 g/mol. The number of carbonyl (C=O) groups is 2. The Bertz CT molecular complexity index is 1290. The van der Waals surface area contributed by atoms with Crippen LogP contribution in [0.2, 0.25) is 15.1 Å². The Labute approximate surface area is 266 Å². The molecular formula is C29H35Cl3F2N4O3S. The van der Waals surface area contributed by atoms with Crippen LogP contribution in [0.3, 0.4) is 0 Å². The maximum absolute atomic E-state index is 13.5. The molecule has 5 rings (SSSR count). The highest BCUT2D eigenvalue weighted by molar-refractivity contribution is 7.59. The number of anilines is 1. The molecule has 2 N–H and O–H groups in total. The predicted molar refractivity (Wildman–Crippen MR) is 167 cm³/mol. The van der Waals surface area contributed by atoms with E-state index in [1.165, 1.54) is 11.8 Å². The molecule has 13 heteroatoms. The molecule has 3 aliphatic rings. The molecule has 2 aromatic carbocycles. The van der Waals surface area contributed by atoms with Crippen LogP contribution < -0.4 is 5.32 Å². The second-order valence-electron chi connectivity index (χ2n) is 11.4. The smallest absolute Gasteiger partial charge is 0.258 e. The number of alkyl halides is 2. The number of aliphatic hydroxyl groups is 1. The Balaban J connectivity index is 0.00000405. The van der Waals surface area contributed by atoms with E-state index < -0.39 is 17.4 Å². The van der Waals surface area contributed by atoms with Crippen molar-refractivity contribution in [3.8, 4) is 0 Å². The Morgan fingerprint density at radius 2 is 1.57 bits per heavy atom. The van der Waals surface area contributed by atoms with Crippen LogP contribution in [-0.2, 0) is 10.4 Å². The van der Waals surface area contributed by atoms with E-state index in [0.29, 0.717) is 35.4 Å². The van der Waals surface area contributed by atoms with Crippen molar-refractivity contribution in [2.45, 2.75) is 56.2 Å². The summed E-state index contributed by atoms with van der Waals surface area (Å²) in [6.07, 6.45) is 0.873. The predicted octanol–water partition coefficient (Wildman–Crippen LogP) is 5.63. The number of rotatable bonds is 6. The van der Waals surface area contributed by atoms with Gasteiger partial charge in [-0.05, 0) is 49.6 Å². The first-order valence-corrected chi connectivity index (χ1v) is 14.9. The molecule has 0 unspecified atom stereocenters. The summed E-state index contributed by atoms with van der Waals surface area (Å²) in [5, 5.41) is 15.2. The zero-order valence-corrected chi connectivity index (χ0v) is 26.5. The first-order valence-electron chi connectivity index (χ1n) is 13.8. The van der Waals surface area contributed by atoms with Crippen molar-refractivity contribution in [2.75, 3.05) is 44.6 Å². The van der Waals surface area contributed by atoms with Gasteiger partial charge in [0.1, 0.15) is 0 Å². The van der Waals surface area contributed by atoms with Gasteiger partial charge in [-0.25, -0.2) is 8.78 Å². The first kappa shape index (κ1) is 33.1. The standard InChI is InChI=1S/C29H33Cl3F2N4O3.H2S/c1-28(41,18-3-2-4-19(30)13-18)27(40)37-9-5-22(6-10-37)38-16-21(17-38)35-20-14-23(31)25(24(32)15-20)26(39)36-11-7-29(33,34)8-12-36;/h2-4,13-15,21-22,35,41H,5-12,16-17H2,1H3;1H2/t28-;/m0./s1. The molecule has 3 saturated heterocycles. The van der Waals surface area contributed by atoms with Crippen molar-refractivity contribution in [1.82, 2.24) is 14.7 Å². The molecular weight excluding hydrogens is 629 g/mol. The Morgan fingerprint density at radius 3 is 2.14 bits per heavy atom. The van der Waals surface area contributed by atoms with Gasteiger partial charge in [-0.2, -0.15) is 13.5 Å². The lowest BCUT2D eigenvalue weighted by Gasteiger charge is -2.48. The first-order chi connectivity index (χ1) is 19.3. The van der Waals surface area contributed by atoms with E-state index in [1.54, 1.807) is 41.3 Å². The normalized spacial score (nSPS) is 21.2. The molecule has 2 amide bonds. The fraction of sp³-hybridized carbons (Fsp3) is 0.517. The third-order valence-corrected chi connectivity index (χ3v) is 9.22. The van der Waals surface area contributed by atoms with Crippen LogP contribution in [0.1, 0.15) is 48.5 Å². The van der Waals surface area contributed by atoms with Crippen LogP contribution in [0, 0.1) is 0 Å². The zero-order valence-electron chi connectivity index (χ0n) is 23.2. The summed E-state index contributed by atoms with van der Waals surface area (Å²) in [5.41, 5.74) is -0.346. The Kier molecular flexibility index (Phi) is 10.3. The molecule has 3 fully saturated rings. The number of benzene rings is 2. The lowest BCUT2D eigenvalue weighted by atomic mass is 9.92. The molecule has 2 aromatic rings. The van der Waals surface area contributed by atoms with E-state index in [2.05, 4.69) is 10.2 Å². The number of hydrogen-bond donors (Lipinski definition) is 2. The van der Waals surface area contributed by atoms with Gasteiger partial charge in [-0.3, -0.25) is 14.5 Å². The molecule has 0 aromatic heterocycles. The number of nitrogens with one attached hydrogen (secondary N) is 1. The third-order valence-electron chi connectivity index (χ3n) is 8.39. The van der Waals surface area contributed by atoms with E-state index >= 15 is 0 Å². The van der Waals surface area contributed by atoms with Gasteiger partial charge in [0.15, 0.2) is 5.60 Å². The number of piperidine rings is 2. The molecule has 230 valence electrons. The number of halogens is 5. The number of nitrogens with zero attached hydrogens (tertiary/aromatic N) is 3. The van der Waals surface area contributed by atoms with Crippen molar-refractivity contribution in [3.05, 3.63) is 62.6 Å². The third kappa shape index (κ3) is 7.11. The van der Waals surface area contributed by atoms with E-state index in [1.807, 2.05) is 0 Å². The molecule has 0 aliphatic carbocycles. The molecule has 3 aliphatic heterocycles. The number of likely N-dealkylation sites (tertiary alicyclic amines) is 3. The average Bonchev–Trinajstić information content (AvgIpc) is 2.89. The highest BCUT2D eigenvalue weighted by atomic mass is 35.5. The zero-order chi connectivity index (χ0) is 29.5. The van der Waals surface area contributed by atoms with Gasteiger partial charge >= 0.3 is 0 Å². The van der Waals surface area contributed by atoms with Gasteiger partial charge in [0, 0.05) is 68.9 Å². The summed E-state index contributed by atoms with van der Waals surface area (Å²) in [7, 11) is 0. The number of hydrogen-bond acceptors (Lipinski definition) is 5. The van der Waals surface area contributed by atoms with E-state index in [-0.39, 0.29) is 67.0 Å². The second kappa shape index (κ2) is 13.0. The van der Waals surface area contributed by atoms with E-state index in [4.69, 9.17) is 34.8 Å². The van der Waals surface area contributed by atoms with E-state index in [0.717, 1.165) is 25.9 Å². The fourth-order valence-electron chi connectivity index (χ4n) is 5.85. The summed E-state index contributed by atoms with van der Waals surface area (Å²) in [5.74, 6) is -3.51. The van der Waals surface area contributed by atoms with Gasteiger partial charge in [0.2, 0.25) is 0 Å². The highest BCUT2D eigenvalue weighted by Gasteiger charge is 2.40. The summed E-state index contributed by atoms with van der Waals surface area (Å²) in [4.78, 5) is 31.5. The largest absolute Gasteiger partial charge is 0.380 e. The van der Waals surface area contributed by atoms with Gasteiger partial charge in [0.05, 0.1) is 21.7 Å². The van der Waals surface area contributed by atoms with Crippen LogP contribution in [-0.4, -0.2) is 88.9 Å². The van der Waals surface area contributed by atoms with Crippen LogP contribution in [0.15, 0.2) is 36.4 Å². The van der Waals surface area contributed by atoms with Crippen molar-refractivity contribution in [3.63, 3.8) is 0 Å². The van der Waals surface area contributed by atoms with E-state index in [9.17, 15) is 23.5 Å². The Hall–Kier alpha value is -1.82. The maximum Gasteiger partial charge on any atom is 0.258 e. The highest BCUT2D eigenvalue weighted by Crippen LogP contribution is 2.35. The van der Waals surface area contributed by atoms with Crippen LogP contribution >= 0.6 is 48.3 Å². The minimum absolute atomic E-state index is 0. The van der Waals surface area contributed by atoms with Gasteiger partial charge in [-0.1, -0.05) is 46.9 Å². The molecule has 42 heavy (non-hydrogen) atoms. The second-order valence-corrected chi connectivity index (χ2v) is 12.6. The van der Waals surface area contributed by atoms with Crippen LogP contribution in [0.25, 0.3) is 0 Å². The SMILES string of the molecule is C[C@@](O)(C(=O)N1CCC(N2CC(Nc3cc(Cl)c(C(=O)N4CCC(F)(F)CC4)c(Cl)c3)C2)CC1)c1cccc(Cl)c1.S. The van der Waals surface area contributed by atoms with Crippen molar-refractivity contribution >= 4 is 65.8 Å². The van der Waals surface area contributed by atoms with Crippen molar-refractivity contribution < 1.29 is 23.5 Å². The summed E-state index contributed by atoms with van der Waals surface area (Å²) >= 11 is 18.9. The van der Waals surface area contributed by atoms with Crippen LogP contribution in [0.5, 0.6) is 0 Å². The van der Waals surface area contributed by atoms with Crippen LogP contribution in [0.4, 0.5) is 14.5 Å². The van der Waals surface area contributed by atoms with Crippen molar-refractivity contribution in [1.29, 1.82) is 0 Å². The minimum atomic E-state index is -2.75. The molecule has 0 bridgehead atoms. The Morgan fingerprint density at radius 1 is 0.976 bits per heavy atom. The maximum atomic E-state index is 13.5. The molecule has 3 heterocycles. The summed E-state index contributed by atoms with van der Waals surface area (Å²) in [6.45, 7) is 4.16. The molecule has 7 nitrogen and oxygen atoms in total. The van der Waals surface area contributed by atoms with Gasteiger partial charge in [0.25, 0.3) is 17.7 Å². The topological polar surface area (TPSA) is 76.1 Å². The number of amides is 2. The monoisotopic (exact) mass is 662 g/mol. The minimum Gasteiger partial charge on any atom is -0.380 e. The lowest BCUT2D eigenvalue weighted by Crippen LogP contribution is -2.61. The van der Waals surface area contributed by atoms with Gasteiger partial charge in [-0.15, -0.1) is 0 Å². The molecule has 0 radical (unpaired) electrons. The number of carbonyl (C=O) groups excluding carboxylic acids is 2. The summed E-state index contributed by atoms with van der Waals surface area (Å²) < 4.78 is 27.0. The fourth-order valence-corrected chi connectivity index (χ4v) is 6.69. The van der Waals surface area contributed by atoms with Crippen molar-refractivity contribution in [2.24, 2.45) is 0 Å². The molecule has 0 spiro atoms. The lowest BCUT2D eigenvalue weighted by molar-refractivity contribution is -0.152. The quantitative estimate of drug-likeness (QED) is 0.420.